The fraction of sp³-hybridized carbons (Fsp3) is 0.231. The number of piperidine rings is 1. The number of imidazole rings is 1. The third kappa shape index (κ3) is 4.54. The van der Waals surface area contributed by atoms with Gasteiger partial charge in [-0.1, -0.05) is 36.4 Å². The maximum Gasteiger partial charge on any atom is 0.297 e. The average molecular weight is 442 g/mol. The summed E-state index contributed by atoms with van der Waals surface area (Å²) in [5.74, 6) is -0.202. The van der Waals surface area contributed by atoms with E-state index < -0.39 is 0 Å². The Bertz CT molecular complexity index is 1260. The molecule has 1 aromatic heterocycles. The highest BCUT2D eigenvalue weighted by Crippen LogP contribution is 2.30. The lowest BCUT2D eigenvalue weighted by molar-refractivity contribution is 0.102. The van der Waals surface area contributed by atoms with E-state index in [2.05, 4.69) is 21.3 Å². The third-order valence-corrected chi connectivity index (χ3v) is 5.99. The second kappa shape index (κ2) is 9.34. The van der Waals surface area contributed by atoms with Crippen LogP contribution < -0.4 is 21.1 Å². The Balaban J connectivity index is 1.30. The van der Waals surface area contributed by atoms with E-state index in [9.17, 15) is 4.79 Å². The van der Waals surface area contributed by atoms with Crippen LogP contribution >= 0.6 is 0 Å². The first-order valence-electron chi connectivity index (χ1n) is 11.2. The lowest BCUT2D eigenvalue weighted by atomic mass is 10.1. The van der Waals surface area contributed by atoms with Crippen LogP contribution in [0, 0.1) is 0 Å². The highest BCUT2D eigenvalue weighted by Gasteiger charge is 2.22. The first-order chi connectivity index (χ1) is 16.2. The summed E-state index contributed by atoms with van der Waals surface area (Å²) in [6.07, 6.45) is 2.23. The quantitative estimate of drug-likeness (QED) is 0.386. The Morgan fingerprint density at radius 3 is 2.67 bits per heavy atom. The summed E-state index contributed by atoms with van der Waals surface area (Å²) in [5, 5.41) is 6.32. The van der Waals surface area contributed by atoms with E-state index in [-0.39, 0.29) is 5.91 Å². The molecule has 1 atom stereocenters. The molecule has 0 saturated carbocycles. The Labute approximate surface area is 192 Å². The fourth-order valence-electron chi connectivity index (χ4n) is 4.24. The maximum absolute atomic E-state index is 12.6. The molecule has 2 heterocycles. The number of anilines is 2. The lowest BCUT2D eigenvalue weighted by Crippen LogP contribution is -2.31. The minimum absolute atomic E-state index is 0.202. The van der Waals surface area contributed by atoms with Gasteiger partial charge in [0, 0.05) is 12.1 Å². The van der Waals surface area contributed by atoms with Crippen molar-refractivity contribution in [3.63, 3.8) is 0 Å². The summed E-state index contributed by atoms with van der Waals surface area (Å²) in [6.45, 7) is 2.33. The number of ether oxygens (including phenoxy) is 1. The summed E-state index contributed by atoms with van der Waals surface area (Å²) >= 11 is 0. The molecule has 3 aromatic carbocycles. The second-order valence-electron chi connectivity index (χ2n) is 8.28. The molecule has 1 aliphatic rings. The van der Waals surface area contributed by atoms with Crippen LogP contribution in [0.1, 0.15) is 34.8 Å². The minimum atomic E-state index is -0.202. The Morgan fingerprint density at radius 2 is 1.88 bits per heavy atom. The van der Waals surface area contributed by atoms with E-state index in [1.165, 1.54) is 0 Å². The SMILES string of the molecule is Nc1ccccc1NC(=O)c1ccc(COc2nc3ccccc3n2C2CCCNC2)cc1. The number of nitrogen functional groups attached to an aromatic ring is 1. The Morgan fingerprint density at radius 1 is 1.09 bits per heavy atom. The Kier molecular flexibility index (Phi) is 5.95. The third-order valence-electron chi connectivity index (χ3n) is 5.99. The molecule has 0 radical (unpaired) electrons. The van der Waals surface area contributed by atoms with Crippen molar-refractivity contribution in [2.75, 3.05) is 24.1 Å². The number of nitrogens with one attached hydrogen (secondary N) is 2. The van der Waals surface area contributed by atoms with Crippen molar-refractivity contribution in [2.45, 2.75) is 25.5 Å². The van der Waals surface area contributed by atoms with Gasteiger partial charge >= 0.3 is 0 Å². The number of rotatable bonds is 6. The van der Waals surface area contributed by atoms with Gasteiger partial charge in [0.15, 0.2) is 0 Å². The molecule has 1 saturated heterocycles. The van der Waals surface area contributed by atoms with Crippen LogP contribution in [0.4, 0.5) is 11.4 Å². The summed E-state index contributed by atoms with van der Waals surface area (Å²) in [4.78, 5) is 17.3. The number of benzene rings is 3. The molecule has 5 rings (SSSR count). The summed E-state index contributed by atoms with van der Waals surface area (Å²) in [7, 11) is 0. The molecule has 0 aliphatic carbocycles. The number of hydrogen-bond donors (Lipinski definition) is 3. The normalized spacial score (nSPS) is 15.9. The zero-order valence-electron chi connectivity index (χ0n) is 18.3. The molecule has 1 fully saturated rings. The number of nitrogens with zero attached hydrogens (tertiary/aromatic N) is 2. The van der Waals surface area contributed by atoms with Crippen molar-refractivity contribution < 1.29 is 9.53 Å². The monoisotopic (exact) mass is 441 g/mol. The number of para-hydroxylation sites is 4. The first kappa shape index (κ1) is 21.0. The maximum atomic E-state index is 12.6. The molecule has 7 nitrogen and oxygen atoms in total. The van der Waals surface area contributed by atoms with E-state index >= 15 is 0 Å². The first-order valence-corrected chi connectivity index (χ1v) is 11.2. The van der Waals surface area contributed by atoms with Crippen molar-refractivity contribution in [3.8, 4) is 6.01 Å². The predicted molar refractivity (Wildman–Crippen MR) is 130 cm³/mol. The van der Waals surface area contributed by atoms with Crippen LogP contribution in [0.25, 0.3) is 11.0 Å². The van der Waals surface area contributed by atoms with Crippen LogP contribution in [0.3, 0.4) is 0 Å². The van der Waals surface area contributed by atoms with E-state index in [4.69, 9.17) is 15.5 Å². The van der Waals surface area contributed by atoms with Gasteiger partial charge in [-0.3, -0.25) is 9.36 Å². The van der Waals surface area contributed by atoms with Crippen LogP contribution in [-0.4, -0.2) is 28.5 Å². The number of hydrogen-bond acceptors (Lipinski definition) is 5. The summed E-state index contributed by atoms with van der Waals surface area (Å²) < 4.78 is 8.40. The molecule has 33 heavy (non-hydrogen) atoms. The van der Waals surface area contributed by atoms with Crippen molar-refractivity contribution in [1.29, 1.82) is 0 Å². The predicted octanol–water partition coefficient (Wildman–Crippen LogP) is 4.37. The number of nitrogens with two attached hydrogens (primary N) is 1. The topological polar surface area (TPSA) is 94.2 Å². The van der Waals surface area contributed by atoms with Gasteiger partial charge in [-0.25, -0.2) is 0 Å². The van der Waals surface area contributed by atoms with Crippen LogP contribution in [0.15, 0.2) is 72.8 Å². The van der Waals surface area contributed by atoms with Gasteiger partial charge in [-0.05, 0) is 61.3 Å². The number of carbonyl (C=O) groups is 1. The molecule has 1 unspecified atom stereocenters. The van der Waals surface area contributed by atoms with Gasteiger partial charge in [-0.15, -0.1) is 0 Å². The Hall–Kier alpha value is -3.84. The van der Waals surface area contributed by atoms with Gasteiger partial charge < -0.3 is 21.1 Å². The number of amides is 1. The molecule has 0 spiro atoms. The summed E-state index contributed by atoms with van der Waals surface area (Å²) in [5.41, 5.74) is 10.6. The van der Waals surface area contributed by atoms with Crippen LogP contribution in [0.5, 0.6) is 6.01 Å². The van der Waals surface area contributed by atoms with E-state index in [1.807, 2.05) is 42.5 Å². The highest BCUT2D eigenvalue weighted by molar-refractivity contribution is 6.05. The van der Waals surface area contributed by atoms with Gasteiger partial charge in [0.2, 0.25) is 0 Å². The zero-order valence-corrected chi connectivity index (χ0v) is 18.3. The molecule has 1 aliphatic heterocycles. The summed E-state index contributed by atoms with van der Waals surface area (Å²) in [6, 6.07) is 23.7. The fourth-order valence-corrected chi connectivity index (χ4v) is 4.24. The van der Waals surface area contributed by atoms with Gasteiger partial charge in [0.05, 0.1) is 28.5 Å². The van der Waals surface area contributed by atoms with E-state index in [0.29, 0.717) is 35.6 Å². The highest BCUT2D eigenvalue weighted by atomic mass is 16.5. The molecule has 168 valence electrons. The van der Waals surface area contributed by atoms with Crippen molar-refractivity contribution in [1.82, 2.24) is 14.9 Å². The lowest BCUT2D eigenvalue weighted by Gasteiger charge is -2.26. The van der Waals surface area contributed by atoms with Gasteiger partial charge in [-0.2, -0.15) is 4.98 Å². The van der Waals surface area contributed by atoms with Crippen molar-refractivity contribution >= 4 is 28.3 Å². The number of aromatic nitrogens is 2. The van der Waals surface area contributed by atoms with Crippen molar-refractivity contribution in [2.24, 2.45) is 0 Å². The molecule has 1 amide bonds. The van der Waals surface area contributed by atoms with E-state index in [1.54, 1.807) is 24.3 Å². The largest absolute Gasteiger partial charge is 0.460 e. The van der Waals surface area contributed by atoms with E-state index in [0.717, 1.165) is 42.5 Å². The molecular formula is C26H27N5O2. The second-order valence-corrected chi connectivity index (χ2v) is 8.28. The molecular weight excluding hydrogens is 414 g/mol. The van der Waals surface area contributed by atoms with Crippen LogP contribution in [-0.2, 0) is 6.61 Å². The van der Waals surface area contributed by atoms with Crippen LogP contribution in [0.2, 0.25) is 0 Å². The number of fused-ring (bicyclic) bond motifs is 1. The molecule has 0 bridgehead atoms. The van der Waals surface area contributed by atoms with Crippen molar-refractivity contribution in [3.05, 3.63) is 83.9 Å². The molecule has 7 heteroatoms. The molecule has 4 N–H and O–H groups in total. The standard InChI is InChI=1S/C26H27N5O2/c27-21-7-1-2-8-22(21)29-25(32)19-13-11-18(12-14-19)17-33-26-30-23-9-3-4-10-24(23)31(26)20-6-5-15-28-16-20/h1-4,7-14,20,28H,5-6,15-17,27H2,(H,29,32). The molecule has 4 aromatic rings. The van der Waals surface area contributed by atoms with Gasteiger partial charge in [0.1, 0.15) is 6.61 Å². The smallest absolute Gasteiger partial charge is 0.297 e. The average Bonchev–Trinajstić information content (AvgIpc) is 3.23. The minimum Gasteiger partial charge on any atom is -0.460 e. The van der Waals surface area contributed by atoms with Gasteiger partial charge in [0.25, 0.3) is 11.9 Å². The zero-order chi connectivity index (χ0) is 22.6. The number of carbonyl (C=O) groups excluding carboxylic acids is 1.